The molecular formula is C27H26BrP. The van der Waals surface area contributed by atoms with E-state index in [0.29, 0.717) is 0 Å². The zero-order valence-electron chi connectivity index (χ0n) is 16.9. The lowest BCUT2D eigenvalue weighted by Gasteiger charge is -2.29. The third-order valence-corrected chi connectivity index (χ3v) is 9.96. The van der Waals surface area contributed by atoms with Gasteiger partial charge in [0.1, 0.15) is 23.2 Å². The van der Waals surface area contributed by atoms with Crippen molar-refractivity contribution in [2.75, 3.05) is 0 Å². The van der Waals surface area contributed by atoms with Gasteiger partial charge in [0.25, 0.3) is 0 Å². The SMILES string of the molecule is Cc1cccc(C)c1C[P+](c1ccccc1)(c1ccccc1)c1ccccc1.[Br-]. The van der Waals surface area contributed by atoms with E-state index in [1.807, 2.05) is 0 Å². The summed E-state index contributed by atoms with van der Waals surface area (Å²) in [6, 6.07) is 40.0. The van der Waals surface area contributed by atoms with E-state index in [-0.39, 0.29) is 17.0 Å². The minimum absolute atomic E-state index is 0. The maximum atomic E-state index is 2.32. The third kappa shape index (κ3) is 4.22. The summed E-state index contributed by atoms with van der Waals surface area (Å²) in [4.78, 5) is 0. The summed E-state index contributed by atoms with van der Waals surface area (Å²) in [5.41, 5.74) is 4.24. The van der Waals surface area contributed by atoms with Gasteiger partial charge < -0.3 is 17.0 Å². The Kier molecular flexibility index (Phi) is 7.06. The molecule has 4 aromatic rings. The van der Waals surface area contributed by atoms with Crippen LogP contribution in [0.2, 0.25) is 0 Å². The summed E-state index contributed by atoms with van der Waals surface area (Å²) in [6.45, 7) is 4.50. The molecule has 4 rings (SSSR count). The van der Waals surface area contributed by atoms with Crippen LogP contribution in [0.4, 0.5) is 0 Å². The monoisotopic (exact) mass is 460 g/mol. The van der Waals surface area contributed by atoms with Crippen molar-refractivity contribution in [1.82, 2.24) is 0 Å². The molecule has 29 heavy (non-hydrogen) atoms. The van der Waals surface area contributed by atoms with Gasteiger partial charge in [0.05, 0.1) is 6.16 Å². The average Bonchev–Trinajstić information content (AvgIpc) is 2.76. The molecule has 0 saturated heterocycles. The molecule has 0 amide bonds. The van der Waals surface area contributed by atoms with Crippen molar-refractivity contribution < 1.29 is 17.0 Å². The molecule has 0 unspecified atom stereocenters. The van der Waals surface area contributed by atoms with Crippen molar-refractivity contribution in [1.29, 1.82) is 0 Å². The lowest BCUT2D eigenvalue weighted by atomic mass is 10.1. The predicted molar refractivity (Wildman–Crippen MR) is 125 cm³/mol. The Bertz CT molecular complexity index is 927. The summed E-state index contributed by atoms with van der Waals surface area (Å²) < 4.78 is 0. The average molecular weight is 461 g/mol. The first-order valence-electron chi connectivity index (χ1n) is 9.82. The minimum Gasteiger partial charge on any atom is -1.00 e. The van der Waals surface area contributed by atoms with Crippen LogP contribution in [0.25, 0.3) is 0 Å². The van der Waals surface area contributed by atoms with Gasteiger partial charge in [-0.15, -0.1) is 0 Å². The predicted octanol–water partition coefficient (Wildman–Crippen LogP) is 2.80. The van der Waals surface area contributed by atoms with E-state index in [0.717, 1.165) is 6.16 Å². The topological polar surface area (TPSA) is 0 Å². The highest BCUT2D eigenvalue weighted by molar-refractivity contribution is 7.95. The first-order chi connectivity index (χ1) is 13.7. The molecule has 0 atom stereocenters. The van der Waals surface area contributed by atoms with Crippen LogP contribution in [0.1, 0.15) is 16.7 Å². The molecule has 146 valence electrons. The van der Waals surface area contributed by atoms with Crippen LogP contribution in [-0.2, 0) is 6.16 Å². The zero-order chi connectivity index (χ0) is 19.4. The highest BCUT2D eigenvalue weighted by atomic mass is 79.9. The van der Waals surface area contributed by atoms with E-state index in [1.165, 1.54) is 32.6 Å². The smallest absolute Gasteiger partial charge is 0.116 e. The molecular weight excluding hydrogens is 435 g/mol. The first-order valence-corrected chi connectivity index (χ1v) is 11.8. The summed E-state index contributed by atoms with van der Waals surface area (Å²) in [5, 5.41) is 4.32. The van der Waals surface area contributed by atoms with Crippen molar-refractivity contribution in [3.8, 4) is 0 Å². The van der Waals surface area contributed by atoms with Gasteiger partial charge in [-0.2, -0.15) is 0 Å². The molecule has 0 fully saturated rings. The molecule has 0 spiro atoms. The highest BCUT2D eigenvalue weighted by Gasteiger charge is 2.45. The molecule has 0 aliphatic rings. The second kappa shape index (κ2) is 9.53. The van der Waals surface area contributed by atoms with Crippen LogP contribution in [-0.4, -0.2) is 0 Å². The fourth-order valence-electron chi connectivity index (χ4n) is 4.10. The van der Waals surface area contributed by atoms with Gasteiger partial charge in [0.15, 0.2) is 0 Å². The third-order valence-electron chi connectivity index (χ3n) is 5.63. The minimum atomic E-state index is -1.83. The lowest BCUT2D eigenvalue weighted by Crippen LogP contribution is -3.00. The first kappa shape index (κ1) is 21.5. The molecule has 0 N–H and O–H groups in total. The normalized spacial score (nSPS) is 11.0. The number of hydrogen-bond acceptors (Lipinski definition) is 0. The van der Waals surface area contributed by atoms with Crippen LogP contribution >= 0.6 is 7.26 Å². The van der Waals surface area contributed by atoms with Crippen LogP contribution in [0.5, 0.6) is 0 Å². The fraction of sp³-hybridized carbons (Fsp3) is 0.111. The molecule has 0 heterocycles. The van der Waals surface area contributed by atoms with Crippen molar-refractivity contribution in [3.05, 3.63) is 126 Å². The van der Waals surface area contributed by atoms with Gasteiger partial charge in [-0.25, -0.2) is 0 Å². The zero-order valence-corrected chi connectivity index (χ0v) is 19.4. The quantitative estimate of drug-likeness (QED) is 0.401. The Balaban J connectivity index is 0.00000240. The highest BCUT2D eigenvalue weighted by Crippen LogP contribution is 2.58. The van der Waals surface area contributed by atoms with Crippen LogP contribution < -0.4 is 32.9 Å². The van der Waals surface area contributed by atoms with E-state index in [4.69, 9.17) is 0 Å². The fourth-order valence-corrected chi connectivity index (χ4v) is 8.56. The van der Waals surface area contributed by atoms with E-state index < -0.39 is 7.26 Å². The van der Waals surface area contributed by atoms with Gasteiger partial charge in [0, 0.05) is 0 Å². The molecule has 0 saturated carbocycles. The molecule has 2 heteroatoms. The molecule has 0 aliphatic carbocycles. The number of aryl methyl sites for hydroxylation is 2. The van der Waals surface area contributed by atoms with E-state index in [1.54, 1.807) is 0 Å². The Morgan fingerprint density at radius 1 is 0.483 bits per heavy atom. The van der Waals surface area contributed by atoms with Gasteiger partial charge in [0.2, 0.25) is 0 Å². The second-order valence-electron chi connectivity index (χ2n) is 7.34. The van der Waals surface area contributed by atoms with Crippen LogP contribution in [0, 0.1) is 13.8 Å². The number of benzene rings is 4. The standard InChI is InChI=1S/C27H26P.BrH/c1-22-13-12-14-23(2)27(22)21-28(24-15-6-3-7-16-24,25-17-8-4-9-18-25)26-19-10-5-11-20-26;/h3-20H,21H2,1-2H3;1H/q+1;/p-1. The van der Waals surface area contributed by atoms with Gasteiger partial charge in [-0.3, -0.25) is 0 Å². The van der Waals surface area contributed by atoms with Crippen LogP contribution in [0.15, 0.2) is 109 Å². The van der Waals surface area contributed by atoms with E-state index in [9.17, 15) is 0 Å². The maximum absolute atomic E-state index is 2.32. The van der Waals surface area contributed by atoms with Gasteiger partial charge in [-0.1, -0.05) is 72.8 Å². The molecule has 0 aliphatic heterocycles. The lowest BCUT2D eigenvalue weighted by molar-refractivity contribution is -0.00000558. The largest absolute Gasteiger partial charge is 1.00 e. The van der Waals surface area contributed by atoms with Crippen molar-refractivity contribution in [2.45, 2.75) is 20.0 Å². The summed E-state index contributed by atoms with van der Waals surface area (Å²) in [5.74, 6) is 0. The molecule has 0 aromatic heterocycles. The Hall–Kier alpha value is -2.21. The van der Waals surface area contributed by atoms with E-state index in [2.05, 4.69) is 123 Å². The number of rotatable bonds is 5. The Morgan fingerprint density at radius 3 is 1.17 bits per heavy atom. The summed E-state index contributed by atoms with van der Waals surface area (Å²) in [7, 11) is -1.83. The molecule has 0 radical (unpaired) electrons. The van der Waals surface area contributed by atoms with Crippen LogP contribution in [0.3, 0.4) is 0 Å². The summed E-state index contributed by atoms with van der Waals surface area (Å²) >= 11 is 0. The van der Waals surface area contributed by atoms with Crippen molar-refractivity contribution in [3.63, 3.8) is 0 Å². The Morgan fingerprint density at radius 2 is 0.828 bits per heavy atom. The van der Waals surface area contributed by atoms with Crippen molar-refractivity contribution in [2.24, 2.45) is 0 Å². The van der Waals surface area contributed by atoms with E-state index >= 15 is 0 Å². The molecule has 0 nitrogen and oxygen atoms in total. The molecule has 4 aromatic carbocycles. The maximum Gasteiger partial charge on any atom is 0.116 e. The number of hydrogen-bond donors (Lipinski definition) is 0. The van der Waals surface area contributed by atoms with Crippen molar-refractivity contribution >= 4 is 23.2 Å². The second-order valence-corrected chi connectivity index (χ2v) is 10.8. The molecule has 0 bridgehead atoms. The number of halogens is 1. The van der Waals surface area contributed by atoms with Gasteiger partial charge in [-0.05, 0) is 66.9 Å². The Labute approximate surface area is 185 Å². The summed E-state index contributed by atoms with van der Waals surface area (Å²) in [6.07, 6.45) is 1.05. The van der Waals surface area contributed by atoms with Gasteiger partial charge >= 0.3 is 0 Å².